The Hall–Kier alpha value is -3.08. The monoisotopic (exact) mass is 549 g/mol. The summed E-state index contributed by atoms with van der Waals surface area (Å²) in [6, 6.07) is 21.2. The molecule has 0 aliphatic carbocycles. The number of carbonyl (C=O) groups is 1. The Morgan fingerprint density at radius 2 is 1.68 bits per heavy atom. The van der Waals surface area contributed by atoms with Crippen molar-refractivity contribution in [3.05, 3.63) is 97.2 Å². The first-order chi connectivity index (χ1) is 13.1. The van der Waals surface area contributed by atoms with Gasteiger partial charge in [0.1, 0.15) is 5.69 Å². The van der Waals surface area contributed by atoms with Crippen molar-refractivity contribution in [2.75, 3.05) is 0 Å². The van der Waals surface area contributed by atoms with Crippen molar-refractivity contribution in [3.8, 4) is 22.4 Å². The number of carboxylic acid groups (broad SMARTS) is 1. The third kappa shape index (κ3) is 5.71. The van der Waals surface area contributed by atoms with Crippen molar-refractivity contribution in [1.29, 1.82) is 0 Å². The van der Waals surface area contributed by atoms with Crippen LogP contribution in [0.15, 0.2) is 85.3 Å². The summed E-state index contributed by atoms with van der Waals surface area (Å²) in [5.74, 6) is -0.990. The van der Waals surface area contributed by atoms with Gasteiger partial charge in [0.15, 0.2) is 0 Å². The Balaban J connectivity index is 0.000000239. The number of hydrogen-bond donors (Lipinski definition) is 1. The molecule has 1 N–H and O–H groups in total. The van der Waals surface area contributed by atoms with E-state index in [1.807, 2.05) is 54.3 Å². The maximum absolute atomic E-state index is 10.1. The summed E-state index contributed by atoms with van der Waals surface area (Å²) >= 11 is 0. The van der Waals surface area contributed by atoms with Gasteiger partial charge in [-0.1, -0.05) is 54.7 Å². The van der Waals surface area contributed by atoms with Crippen LogP contribution in [0.4, 0.5) is 0 Å². The standard InChI is InChI=1S/C16H13N2.C6H5NO2.Ir/c1-18-10-9-15(12-18)16-8-7-14(11-17-16)13-5-3-2-4-6-13;8-6(9)5-3-1-2-4-7-5;/h2-11H,1H3;1-4H,(H,8,9);/q-1;;. The number of aromatic carboxylic acids is 1. The molecule has 0 aliphatic rings. The second-order valence-electron chi connectivity index (χ2n) is 5.77. The zero-order valence-electron chi connectivity index (χ0n) is 15.1. The molecule has 0 aliphatic heterocycles. The van der Waals surface area contributed by atoms with Gasteiger partial charge in [0.05, 0.1) is 0 Å². The van der Waals surface area contributed by atoms with Gasteiger partial charge in [-0.25, -0.2) is 9.78 Å². The van der Waals surface area contributed by atoms with E-state index in [0.29, 0.717) is 0 Å². The van der Waals surface area contributed by atoms with Crippen molar-refractivity contribution < 1.29 is 30.0 Å². The minimum atomic E-state index is -0.990. The van der Waals surface area contributed by atoms with Crippen molar-refractivity contribution >= 4 is 5.97 Å². The number of aromatic nitrogens is 3. The van der Waals surface area contributed by atoms with E-state index in [1.165, 1.54) is 17.8 Å². The Kier molecular flexibility index (Phi) is 7.81. The van der Waals surface area contributed by atoms with Crippen molar-refractivity contribution in [2.45, 2.75) is 0 Å². The molecule has 1 radical (unpaired) electrons. The van der Waals surface area contributed by atoms with E-state index in [2.05, 4.69) is 34.4 Å². The van der Waals surface area contributed by atoms with Gasteiger partial charge >= 0.3 is 5.97 Å². The van der Waals surface area contributed by atoms with Gasteiger partial charge in [0, 0.05) is 32.5 Å². The van der Waals surface area contributed by atoms with E-state index in [9.17, 15) is 4.79 Å². The second-order valence-corrected chi connectivity index (χ2v) is 5.77. The molecule has 1 aromatic carbocycles. The quantitative estimate of drug-likeness (QED) is 0.387. The number of rotatable bonds is 3. The molecule has 0 bridgehead atoms. The van der Waals surface area contributed by atoms with E-state index >= 15 is 0 Å². The fourth-order valence-corrected chi connectivity index (χ4v) is 2.44. The van der Waals surface area contributed by atoms with Gasteiger partial charge in [-0.15, -0.1) is 11.8 Å². The van der Waals surface area contributed by atoms with E-state index < -0.39 is 5.97 Å². The van der Waals surface area contributed by atoms with Gasteiger partial charge in [-0.2, -0.15) is 6.07 Å². The van der Waals surface area contributed by atoms with E-state index in [0.717, 1.165) is 16.8 Å². The van der Waals surface area contributed by atoms with Crippen LogP contribution in [-0.2, 0) is 27.2 Å². The molecule has 143 valence electrons. The van der Waals surface area contributed by atoms with Gasteiger partial charge in [-0.05, 0) is 36.0 Å². The minimum absolute atomic E-state index is 0. The van der Waals surface area contributed by atoms with Crippen LogP contribution in [0.3, 0.4) is 0 Å². The van der Waals surface area contributed by atoms with Crippen molar-refractivity contribution in [1.82, 2.24) is 14.5 Å². The molecule has 0 unspecified atom stereocenters. The average molecular weight is 549 g/mol. The largest absolute Gasteiger partial charge is 0.477 e. The normalized spacial score (nSPS) is 9.61. The molecule has 3 aromatic heterocycles. The number of nitrogens with zero attached hydrogens (tertiary/aromatic N) is 3. The summed E-state index contributed by atoms with van der Waals surface area (Å²) in [4.78, 5) is 18.2. The van der Waals surface area contributed by atoms with E-state index in [4.69, 9.17) is 5.11 Å². The first-order valence-corrected chi connectivity index (χ1v) is 8.34. The fourth-order valence-electron chi connectivity index (χ4n) is 2.44. The number of hydrogen-bond acceptors (Lipinski definition) is 3. The van der Waals surface area contributed by atoms with Crippen molar-refractivity contribution in [2.24, 2.45) is 7.05 Å². The molecule has 3 heterocycles. The zero-order chi connectivity index (χ0) is 19.1. The van der Waals surface area contributed by atoms with Crippen LogP contribution in [0, 0.1) is 6.20 Å². The summed E-state index contributed by atoms with van der Waals surface area (Å²) in [5, 5.41) is 8.32. The zero-order valence-corrected chi connectivity index (χ0v) is 17.5. The van der Waals surface area contributed by atoms with Gasteiger partial charge in [0.25, 0.3) is 0 Å². The fraction of sp³-hybridized carbons (Fsp3) is 0.0455. The predicted molar refractivity (Wildman–Crippen MR) is 104 cm³/mol. The molecule has 0 saturated heterocycles. The molecular weight excluding hydrogens is 530 g/mol. The van der Waals surface area contributed by atoms with Gasteiger partial charge in [0.2, 0.25) is 0 Å². The number of pyridine rings is 2. The number of carboxylic acids is 1. The van der Waals surface area contributed by atoms with Crippen LogP contribution in [0.5, 0.6) is 0 Å². The van der Waals surface area contributed by atoms with E-state index in [1.54, 1.807) is 12.1 Å². The molecule has 0 atom stereocenters. The minimum Gasteiger partial charge on any atom is -0.477 e. The summed E-state index contributed by atoms with van der Waals surface area (Å²) in [5.41, 5.74) is 4.38. The van der Waals surface area contributed by atoms with Crippen LogP contribution in [0.2, 0.25) is 0 Å². The molecule has 0 spiro atoms. The molecule has 0 saturated carbocycles. The van der Waals surface area contributed by atoms with Crippen molar-refractivity contribution in [3.63, 3.8) is 0 Å². The van der Waals surface area contributed by atoms with Crippen LogP contribution in [0.25, 0.3) is 22.4 Å². The van der Waals surface area contributed by atoms with Crippen LogP contribution >= 0.6 is 0 Å². The smallest absolute Gasteiger partial charge is 0.354 e. The third-order valence-electron chi connectivity index (χ3n) is 3.79. The molecule has 4 aromatic rings. The first kappa shape index (κ1) is 21.2. The molecule has 0 amide bonds. The Bertz CT molecular complexity index is 1000. The maximum atomic E-state index is 10.1. The first-order valence-electron chi connectivity index (χ1n) is 8.34. The van der Waals surface area contributed by atoms with Crippen LogP contribution in [-0.4, -0.2) is 25.6 Å². The van der Waals surface area contributed by atoms with E-state index in [-0.39, 0.29) is 25.8 Å². The molecule has 28 heavy (non-hydrogen) atoms. The molecule has 5 nitrogen and oxygen atoms in total. The molecular formula is C22H18IrN3O2-. The predicted octanol–water partition coefficient (Wildman–Crippen LogP) is 4.33. The van der Waals surface area contributed by atoms with Gasteiger partial charge < -0.3 is 14.7 Å². The Labute approximate surface area is 177 Å². The number of benzene rings is 1. The van der Waals surface area contributed by atoms with Crippen LogP contribution < -0.4 is 0 Å². The summed E-state index contributed by atoms with van der Waals surface area (Å²) in [7, 11) is 1.96. The van der Waals surface area contributed by atoms with Gasteiger partial charge in [-0.3, -0.25) is 0 Å². The third-order valence-corrected chi connectivity index (χ3v) is 3.79. The number of aryl methyl sites for hydroxylation is 1. The Morgan fingerprint density at radius 1 is 0.929 bits per heavy atom. The maximum Gasteiger partial charge on any atom is 0.354 e. The summed E-state index contributed by atoms with van der Waals surface area (Å²) in [6.07, 6.45) is 8.54. The topological polar surface area (TPSA) is 68.0 Å². The SMILES string of the molecule is Cn1[c-]c(-c2ccc(-c3ccccc3)cn2)cc1.O=C(O)c1ccccn1.[Ir]. The van der Waals surface area contributed by atoms with Crippen LogP contribution in [0.1, 0.15) is 10.5 Å². The molecule has 4 rings (SSSR count). The summed E-state index contributed by atoms with van der Waals surface area (Å²) in [6.45, 7) is 0. The average Bonchev–Trinajstić information content (AvgIpc) is 3.16. The second kappa shape index (κ2) is 10.3. The molecule has 6 heteroatoms. The molecule has 0 fully saturated rings. The summed E-state index contributed by atoms with van der Waals surface area (Å²) < 4.78 is 1.90. The Morgan fingerprint density at radius 3 is 2.18 bits per heavy atom.